The van der Waals surface area contributed by atoms with Crippen LogP contribution in [-0.4, -0.2) is 30.7 Å². The maximum atomic E-state index is 5.51. The lowest BCUT2D eigenvalue weighted by Gasteiger charge is -2.50. The topological polar surface area (TPSA) is 12.5 Å². The Morgan fingerprint density at radius 1 is 0.950 bits per heavy atom. The summed E-state index contributed by atoms with van der Waals surface area (Å²) < 4.78 is 5.51. The van der Waals surface area contributed by atoms with E-state index < -0.39 is 0 Å². The largest absolute Gasteiger partial charge is 0.379 e. The predicted molar refractivity (Wildman–Crippen MR) is 81.7 cm³/mol. The van der Waals surface area contributed by atoms with E-state index in [-0.39, 0.29) is 0 Å². The number of rotatable bonds is 4. The SMILES string of the molecule is COC1CN(C(c2ccccc2)c2ccccc2)[C@H]1C. The first-order valence-corrected chi connectivity index (χ1v) is 7.19. The molecule has 0 spiro atoms. The van der Waals surface area contributed by atoms with Crippen molar-refractivity contribution in [3.05, 3.63) is 71.8 Å². The Bertz CT molecular complexity index is 500. The molecule has 2 aromatic carbocycles. The molecule has 1 saturated heterocycles. The number of hydrogen-bond donors (Lipinski definition) is 0. The molecule has 2 nitrogen and oxygen atoms in total. The van der Waals surface area contributed by atoms with E-state index in [1.54, 1.807) is 7.11 Å². The highest BCUT2D eigenvalue weighted by Crippen LogP contribution is 2.36. The third-order valence-electron chi connectivity index (χ3n) is 4.32. The summed E-state index contributed by atoms with van der Waals surface area (Å²) in [6.07, 6.45) is 0.352. The second-order valence-electron chi connectivity index (χ2n) is 5.44. The molecule has 0 bridgehead atoms. The van der Waals surface area contributed by atoms with Gasteiger partial charge in [-0.05, 0) is 18.1 Å². The van der Waals surface area contributed by atoms with Crippen molar-refractivity contribution < 1.29 is 4.74 Å². The monoisotopic (exact) mass is 267 g/mol. The van der Waals surface area contributed by atoms with Gasteiger partial charge < -0.3 is 4.74 Å². The fraction of sp³-hybridized carbons (Fsp3) is 0.333. The molecule has 0 N–H and O–H groups in total. The molecule has 0 aromatic heterocycles. The molecule has 104 valence electrons. The summed E-state index contributed by atoms with van der Waals surface area (Å²) in [5, 5.41) is 0. The van der Waals surface area contributed by atoms with Gasteiger partial charge in [-0.15, -0.1) is 0 Å². The number of nitrogens with zero attached hydrogens (tertiary/aromatic N) is 1. The highest BCUT2D eigenvalue weighted by molar-refractivity contribution is 5.32. The van der Waals surface area contributed by atoms with Crippen molar-refractivity contribution in [2.24, 2.45) is 0 Å². The first-order valence-electron chi connectivity index (χ1n) is 7.19. The molecule has 2 aromatic rings. The van der Waals surface area contributed by atoms with Crippen molar-refractivity contribution in [1.82, 2.24) is 4.90 Å². The molecule has 2 atom stereocenters. The Hall–Kier alpha value is -1.64. The molecule has 20 heavy (non-hydrogen) atoms. The maximum absolute atomic E-state index is 5.51. The number of methoxy groups -OCH3 is 1. The third-order valence-corrected chi connectivity index (χ3v) is 4.32. The van der Waals surface area contributed by atoms with Crippen LogP contribution < -0.4 is 0 Å². The van der Waals surface area contributed by atoms with E-state index in [9.17, 15) is 0 Å². The fourth-order valence-electron chi connectivity index (χ4n) is 3.06. The fourth-order valence-corrected chi connectivity index (χ4v) is 3.06. The van der Waals surface area contributed by atoms with E-state index >= 15 is 0 Å². The highest BCUT2D eigenvalue weighted by atomic mass is 16.5. The quantitative estimate of drug-likeness (QED) is 0.840. The summed E-state index contributed by atoms with van der Waals surface area (Å²) in [4.78, 5) is 2.51. The molecule has 0 aliphatic carbocycles. The third kappa shape index (κ3) is 2.37. The minimum atomic E-state index is 0.318. The van der Waals surface area contributed by atoms with E-state index in [0.29, 0.717) is 18.2 Å². The Balaban J connectivity index is 1.94. The van der Waals surface area contributed by atoms with Crippen molar-refractivity contribution in [2.75, 3.05) is 13.7 Å². The van der Waals surface area contributed by atoms with Crippen LogP contribution in [0.15, 0.2) is 60.7 Å². The molecule has 0 amide bonds. The van der Waals surface area contributed by atoms with Crippen LogP contribution in [0.5, 0.6) is 0 Å². The molecule has 2 heteroatoms. The van der Waals surface area contributed by atoms with Crippen molar-refractivity contribution >= 4 is 0 Å². The number of benzene rings is 2. The van der Waals surface area contributed by atoms with Crippen LogP contribution in [-0.2, 0) is 4.74 Å². The summed E-state index contributed by atoms with van der Waals surface area (Å²) in [6, 6.07) is 22.2. The molecule has 0 radical (unpaired) electrons. The van der Waals surface area contributed by atoms with E-state index in [1.807, 2.05) is 0 Å². The lowest BCUT2D eigenvalue weighted by molar-refractivity contribution is -0.0912. The Kier molecular flexibility index (Phi) is 3.86. The molecule has 3 rings (SSSR count). The molecule has 0 saturated carbocycles. The van der Waals surface area contributed by atoms with E-state index in [1.165, 1.54) is 11.1 Å². The van der Waals surface area contributed by atoms with Gasteiger partial charge >= 0.3 is 0 Å². The zero-order chi connectivity index (χ0) is 13.9. The average molecular weight is 267 g/mol. The number of likely N-dealkylation sites (tertiary alicyclic amines) is 1. The van der Waals surface area contributed by atoms with Gasteiger partial charge in [0.2, 0.25) is 0 Å². The van der Waals surface area contributed by atoms with Crippen LogP contribution in [0.25, 0.3) is 0 Å². The van der Waals surface area contributed by atoms with E-state index in [4.69, 9.17) is 4.74 Å². The summed E-state index contributed by atoms with van der Waals surface area (Å²) in [5.74, 6) is 0. The second-order valence-corrected chi connectivity index (χ2v) is 5.44. The van der Waals surface area contributed by atoms with E-state index in [0.717, 1.165) is 6.54 Å². The van der Waals surface area contributed by atoms with Gasteiger partial charge in [-0.1, -0.05) is 60.7 Å². The molecule has 1 unspecified atom stereocenters. The van der Waals surface area contributed by atoms with Crippen LogP contribution in [0.3, 0.4) is 0 Å². The molecule has 1 fully saturated rings. The lowest BCUT2D eigenvalue weighted by Crippen LogP contribution is -2.60. The molecular formula is C18H21NO. The van der Waals surface area contributed by atoms with Gasteiger partial charge in [0, 0.05) is 19.7 Å². The van der Waals surface area contributed by atoms with Crippen LogP contribution in [0.2, 0.25) is 0 Å². The Morgan fingerprint density at radius 2 is 1.45 bits per heavy atom. The Labute approximate surface area is 121 Å². The number of hydrogen-bond acceptors (Lipinski definition) is 2. The summed E-state index contributed by atoms with van der Waals surface area (Å²) in [5.41, 5.74) is 2.69. The molecule has 1 heterocycles. The van der Waals surface area contributed by atoms with Crippen LogP contribution in [0.4, 0.5) is 0 Å². The van der Waals surface area contributed by atoms with Crippen LogP contribution in [0.1, 0.15) is 24.1 Å². The lowest BCUT2D eigenvalue weighted by atomic mass is 9.90. The highest BCUT2D eigenvalue weighted by Gasteiger charge is 2.40. The van der Waals surface area contributed by atoms with Crippen molar-refractivity contribution in [3.63, 3.8) is 0 Å². The first kappa shape index (κ1) is 13.3. The van der Waals surface area contributed by atoms with Crippen molar-refractivity contribution in [3.8, 4) is 0 Å². The summed E-state index contributed by atoms with van der Waals surface area (Å²) >= 11 is 0. The van der Waals surface area contributed by atoms with Gasteiger partial charge in [-0.3, -0.25) is 4.90 Å². The number of ether oxygens (including phenoxy) is 1. The Morgan fingerprint density at radius 3 is 1.85 bits per heavy atom. The van der Waals surface area contributed by atoms with Gasteiger partial charge in [0.1, 0.15) is 0 Å². The van der Waals surface area contributed by atoms with Crippen LogP contribution in [0, 0.1) is 0 Å². The molecule has 1 aliphatic heterocycles. The van der Waals surface area contributed by atoms with Crippen molar-refractivity contribution in [2.45, 2.75) is 25.1 Å². The predicted octanol–water partition coefficient (Wildman–Crippen LogP) is 3.50. The molecular weight excluding hydrogens is 246 g/mol. The normalized spacial score (nSPS) is 22.8. The molecule has 1 aliphatic rings. The standard InChI is InChI=1S/C18H21NO/c1-14-17(20-2)13-19(14)18(15-9-5-3-6-10-15)16-11-7-4-8-12-16/h3-12,14,17-18H,13H2,1-2H3/t14-,17?/m0/s1. The zero-order valence-electron chi connectivity index (χ0n) is 12.1. The van der Waals surface area contributed by atoms with Gasteiger partial charge in [-0.2, -0.15) is 0 Å². The minimum absolute atomic E-state index is 0.318. The summed E-state index contributed by atoms with van der Waals surface area (Å²) in [7, 11) is 1.80. The van der Waals surface area contributed by atoms with E-state index in [2.05, 4.69) is 72.5 Å². The average Bonchev–Trinajstić information content (AvgIpc) is 2.52. The second kappa shape index (κ2) is 5.78. The summed E-state index contributed by atoms with van der Waals surface area (Å²) in [6.45, 7) is 3.24. The van der Waals surface area contributed by atoms with Crippen LogP contribution >= 0.6 is 0 Å². The first-order chi connectivity index (χ1) is 9.81. The zero-order valence-corrected chi connectivity index (χ0v) is 12.1. The van der Waals surface area contributed by atoms with Gasteiger partial charge in [0.25, 0.3) is 0 Å². The minimum Gasteiger partial charge on any atom is -0.379 e. The smallest absolute Gasteiger partial charge is 0.0851 e. The van der Waals surface area contributed by atoms with Gasteiger partial charge in [-0.25, -0.2) is 0 Å². The van der Waals surface area contributed by atoms with Crippen molar-refractivity contribution in [1.29, 1.82) is 0 Å². The van der Waals surface area contributed by atoms with Gasteiger partial charge in [0.15, 0.2) is 0 Å². The van der Waals surface area contributed by atoms with Gasteiger partial charge in [0.05, 0.1) is 12.1 Å². The maximum Gasteiger partial charge on any atom is 0.0851 e.